The van der Waals surface area contributed by atoms with Gasteiger partial charge < -0.3 is 19.3 Å². The Balaban J connectivity index is 1.08. The normalized spacial score (nSPS) is 25.6. The number of fused-ring (bicyclic) bond motifs is 2. The highest BCUT2D eigenvalue weighted by molar-refractivity contribution is 7.88. The number of nitrogens with zero attached hydrogens (tertiary/aromatic N) is 3. The zero-order chi connectivity index (χ0) is 32.8. The number of aryl methyl sites for hydroxylation is 1. The standard InChI is InChI=1S/C33H36N4O8S/c1-19-26(34-31(41)44-20(2)21-8-6-5-7-9-21)28(45-35-19)22-12-16-36(17-13-22)23-10-11-24-27-25(18-23)37(27,29(38)33(24)14-15-33)46(42,43)32(3,4)30(39)40/h5-11,18,20,22,27H,12-17H2,1-4H3,(H-,34,39,40,41)/p+1/t20-,27?,37?/m1/s1. The van der Waals surface area contributed by atoms with E-state index >= 15 is 0 Å². The SMILES string of the molecule is Cc1noc(C2CCN(C3=CC=C4C5C(=C3)[N+]5(S(=O)(=O)C(C)(C)C(=O)O)C(=O)C43CC3)CC2)c1NC(=O)O[C@H](C)c1ccccc1. The number of aliphatic carboxylic acids is 1. The fraction of sp³-hybridized carbons (Fsp3) is 0.455. The number of benzene rings is 1. The molecule has 2 amide bonds. The van der Waals surface area contributed by atoms with E-state index in [1.165, 1.54) is 0 Å². The van der Waals surface area contributed by atoms with Crippen LogP contribution in [0.3, 0.4) is 0 Å². The molecule has 1 aromatic heterocycles. The number of anilines is 1. The van der Waals surface area contributed by atoms with Crippen molar-refractivity contribution in [2.24, 2.45) is 5.41 Å². The van der Waals surface area contributed by atoms with Crippen LogP contribution in [-0.4, -0.2) is 69.3 Å². The van der Waals surface area contributed by atoms with Crippen molar-refractivity contribution in [2.45, 2.75) is 76.2 Å². The predicted octanol–water partition coefficient (Wildman–Crippen LogP) is 4.89. The molecule has 13 heteroatoms. The van der Waals surface area contributed by atoms with Gasteiger partial charge in [-0.15, -0.1) is 3.89 Å². The molecule has 7 rings (SSSR count). The van der Waals surface area contributed by atoms with E-state index in [1.54, 1.807) is 19.9 Å². The van der Waals surface area contributed by atoms with Gasteiger partial charge in [0.05, 0.1) is 0 Å². The first-order chi connectivity index (χ1) is 21.8. The number of allylic oxidation sites excluding steroid dienone is 3. The van der Waals surface area contributed by atoms with Gasteiger partial charge in [0.15, 0.2) is 5.76 Å². The van der Waals surface area contributed by atoms with E-state index in [0.29, 0.717) is 61.6 Å². The predicted molar refractivity (Wildman–Crippen MR) is 165 cm³/mol. The van der Waals surface area contributed by atoms with E-state index in [9.17, 15) is 27.9 Å². The van der Waals surface area contributed by atoms with Crippen LogP contribution in [0.2, 0.25) is 0 Å². The third kappa shape index (κ3) is 4.10. The number of carboxylic acid groups (broad SMARTS) is 1. The second-order valence-corrected chi connectivity index (χ2v) is 15.9. The minimum Gasteiger partial charge on any atom is -0.480 e. The number of carbonyl (C=O) groups excluding carboxylic acids is 2. The first-order valence-corrected chi connectivity index (χ1v) is 17.0. The summed E-state index contributed by atoms with van der Waals surface area (Å²) in [6, 6.07) is 8.78. The largest absolute Gasteiger partial charge is 0.480 e. The molecule has 2 unspecified atom stereocenters. The van der Waals surface area contributed by atoms with Gasteiger partial charge in [-0.3, -0.25) is 10.1 Å². The van der Waals surface area contributed by atoms with E-state index in [4.69, 9.17) is 9.26 Å². The smallest absolute Gasteiger partial charge is 0.412 e. The summed E-state index contributed by atoms with van der Waals surface area (Å²) in [5.41, 5.74) is 3.09. The summed E-state index contributed by atoms with van der Waals surface area (Å²) < 4.78 is 36.2. The Hall–Kier alpha value is -4.23. The van der Waals surface area contributed by atoms with Gasteiger partial charge in [-0.1, -0.05) is 41.6 Å². The van der Waals surface area contributed by atoms with Crippen LogP contribution in [0.1, 0.15) is 75.5 Å². The third-order valence-corrected chi connectivity index (χ3v) is 13.2. The summed E-state index contributed by atoms with van der Waals surface area (Å²) in [6.07, 6.45) is 7.06. The lowest BCUT2D eigenvalue weighted by Gasteiger charge is -2.33. The number of aromatic nitrogens is 1. The Kier molecular flexibility index (Phi) is 6.70. The van der Waals surface area contributed by atoms with Crippen molar-refractivity contribution < 1.29 is 41.1 Å². The lowest BCUT2D eigenvalue weighted by molar-refractivity contribution is -0.564. The molecule has 3 atom stereocenters. The molecule has 242 valence electrons. The van der Waals surface area contributed by atoms with Gasteiger partial charge in [0.2, 0.25) is 16.5 Å². The number of quaternary nitrogens is 1. The molecular weight excluding hydrogens is 612 g/mol. The van der Waals surface area contributed by atoms with Gasteiger partial charge in [0, 0.05) is 36.4 Å². The van der Waals surface area contributed by atoms with Crippen molar-refractivity contribution in [3.8, 4) is 0 Å². The molecular formula is C33H37N4O8S+. The number of nitrogens with one attached hydrogen (secondary N) is 1. The summed E-state index contributed by atoms with van der Waals surface area (Å²) in [4.78, 5) is 40.9. The van der Waals surface area contributed by atoms with E-state index in [2.05, 4.69) is 15.4 Å². The molecule has 2 N–H and O–H groups in total. The Morgan fingerprint density at radius 1 is 1.17 bits per heavy atom. The van der Waals surface area contributed by atoms with Gasteiger partial charge in [-0.2, -0.15) is 8.42 Å². The molecule has 1 saturated carbocycles. The van der Waals surface area contributed by atoms with Crippen molar-refractivity contribution in [3.05, 3.63) is 82.5 Å². The Bertz CT molecular complexity index is 1860. The van der Waals surface area contributed by atoms with Gasteiger partial charge in [0.1, 0.15) is 22.9 Å². The fourth-order valence-corrected chi connectivity index (χ4v) is 9.58. The quantitative estimate of drug-likeness (QED) is 0.298. The summed E-state index contributed by atoms with van der Waals surface area (Å²) in [5, 5.41) is 16.8. The number of piperidine rings is 2. The summed E-state index contributed by atoms with van der Waals surface area (Å²) in [6.45, 7) is 7.09. The van der Waals surface area contributed by atoms with Crippen molar-refractivity contribution in [3.63, 3.8) is 0 Å². The van der Waals surface area contributed by atoms with E-state index < -0.39 is 54.2 Å². The van der Waals surface area contributed by atoms with Crippen LogP contribution in [-0.2, 0) is 24.3 Å². The van der Waals surface area contributed by atoms with E-state index in [0.717, 1.165) is 30.7 Å². The molecule has 1 spiro atoms. The number of likely N-dealkylation sites (tertiary alicyclic amines) is 1. The topological polar surface area (TPSA) is 156 Å². The van der Waals surface area contributed by atoms with Gasteiger partial charge >= 0.3 is 28.0 Å². The van der Waals surface area contributed by atoms with Gasteiger partial charge in [-0.05, 0) is 65.0 Å². The number of sulfonamides is 1. The van der Waals surface area contributed by atoms with E-state index in [-0.39, 0.29) is 5.92 Å². The first kappa shape index (κ1) is 30.4. The maximum absolute atomic E-state index is 14.0. The van der Waals surface area contributed by atoms with Crippen molar-refractivity contribution in [1.29, 1.82) is 0 Å². The Morgan fingerprint density at radius 2 is 1.85 bits per heavy atom. The van der Waals surface area contributed by atoms with Crippen LogP contribution in [0, 0.1) is 12.3 Å². The maximum atomic E-state index is 14.0. The summed E-state index contributed by atoms with van der Waals surface area (Å²) in [5.74, 6) is -1.35. The van der Waals surface area contributed by atoms with Crippen LogP contribution in [0.5, 0.6) is 0 Å². The average molecular weight is 650 g/mol. The number of ether oxygens (including phenoxy) is 1. The molecule has 0 bridgehead atoms. The highest BCUT2D eigenvalue weighted by atomic mass is 32.2. The molecule has 4 fully saturated rings. The molecule has 1 aromatic carbocycles. The lowest BCUT2D eigenvalue weighted by Crippen LogP contribution is -2.54. The number of hydrogen-bond donors (Lipinski definition) is 2. The number of rotatable bonds is 8. The van der Waals surface area contributed by atoms with Crippen LogP contribution in [0.25, 0.3) is 0 Å². The minimum absolute atomic E-state index is 0.0308. The van der Waals surface area contributed by atoms with Crippen LogP contribution >= 0.6 is 0 Å². The van der Waals surface area contributed by atoms with E-state index in [1.807, 2.05) is 42.5 Å². The molecule has 5 aliphatic rings. The minimum atomic E-state index is -4.48. The summed E-state index contributed by atoms with van der Waals surface area (Å²) >= 11 is 0. The molecule has 0 radical (unpaired) electrons. The second-order valence-electron chi connectivity index (χ2n) is 13.4. The number of amides is 2. The van der Waals surface area contributed by atoms with Crippen LogP contribution < -0.4 is 5.32 Å². The molecule has 3 saturated heterocycles. The Morgan fingerprint density at radius 3 is 2.48 bits per heavy atom. The Labute approximate surface area is 267 Å². The molecule has 2 aromatic rings. The van der Waals surface area contributed by atoms with Gasteiger partial charge in [-0.25, -0.2) is 9.59 Å². The summed E-state index contributed by atoms with van der Waals surface area (Å²) in [7, 11) is -4.48. The van der Waals surface area contributed by atoms with Crippen LogP contribution in [0.4, 0.5) is 10.5 Å². The molecule has 46 heavy (non-hydrogen) atoms. The molecule has 12 nitrogen and oxygen atoms in total. The average Bonchev–Trinajstić information content (AvgIpc) is 3.91. The third-order valence-electron chi connectivity index (χ3n) is 10.4. The molecule has 4 heterocycles. The zero-order valence-corrected chi connectivity index (χ0v) is 27.0. The number of hydrogen-bond acceptors (Lipinski definition) is 9. The number of carboxylic acids is 1. The first-order valence-electron chi connectivity index (χ1n) is 15.6. The monoisotopic (exact) mass is 649 g/mol. The molecule has 3 aliphatic heterocycles. The zero-order valence-electron chi connectivity index (χ0n) is 26.1. The number of carbonyl (C=O) groups is 3. The van der Waals surface area contributed by atoms with Crippen molar-refractivity contribution >= 4 is 33.7 Å². The van der Waals surface area contributed by atoms with Crippen molar-refractivity contribution in [1.82, 2.24) is 10.1 Å². The van der Waals surface area contributed by atoms with Gasteiger partial charge in [0.25, 0.3) is 0 Å². The van der Waals surface area contributed by atoms with Crippen LogP contribution in [0.15, 0.2) is 70.1 Å². The highest BCUT2D eigenvalue weighted by Crippen LogP contribution is 2.73. The van der Waals surface area contributed by atoms with Crippen molar-refractivity contribution in [2.75, 3.05) is 18.4 Å². The highest BCUT2D eigenvalue weighted by Gasteiger charge is 2.91. The fourth-order valence-electron chi connectivity index (χ4n) is 7.37. The molecule has 2 aliphatic carbocycles. The second kappa shape index (κ2) is 10.1. The maximum Gasteiger partial charge on any atom is 0.412 e. The lowest BCUT2D eigenvalue weighted by atomic mass is 9.92.